The summed E-state index contributed by atoms with van der Waals surface area (Å²) in [5, 5.41) is 4.05. The molecule has 0 bridgehead atoms. The maximum Gasteiger partial charge on any atom is 0.248 e. The van der Waals surface area contributed by atoms with E-state index in [1.165, 1.54) is 6.08 Å². The van der Waals surface area contributed by atoms with E-state index in [0.717, 1.165) is 11.1 Å². The highest BCUT2D eigenvalue weighted by molar-refractivity contribution is 6.33. The summed E-state index contributed by atoms with van der Waals surface area (Å²) in [4.78, 5) is 16.9. The minimum atomic E-state index is -0.300. The number of amides is 1. The molecule has 2 heterocycles. The van der Waals surface area contributed by atoms with Crippen molar-refractivity contribution in [3.8, 4) is 22.8 Å². The van der Waals surface area contributed by atoms with Gasteiger partial charge in [-0.25, -0.2) is 4.98 Å². The molecule has 5 rings (SSSR count). The van der Waals surface area contributed by atoms with Gasteiger partial charge in [-0.3, -0.25) is 4.79 Å². The minimum Gasteiger partial charge on any atom is -0.457 e. The fourth-order valence-corrected chi connectivity index (χ4v) is 3.84. The lowest BCUT2D eigenvalue weighted by Gasteiger charge is -2.01. The molecule has 0 aliphatic rings. The third kappa shape index (κ3) is 4.62. The molecule has 1 N–H and O–H groups in total. The molecule has 0 saturated heterocycles. The van der Waals surface area contributed by atoms with Gasteiger partial charge in [0, 0.05) is 22.3 Å². The van der Waals surface area contributed by atoms with Crippen LogP contribution in [0.25, 0.3) is 40.0 Å². The highest BCUT2D eigenvalue weighted by atomic mass is 35.5. The first-order valence-electron chi connectivity index (χ1n) is 10.5. The third-order valence-corrected chi connectivity index (χ3v) is 5.98. The van der Waals surface area contributed by atoms with Gasteiger partial charge in [-0.2, -0.15) is 0 Å². The molecule has 0 spiro atoms. The van der Waals surface area contributed by atoms with E-state index in [0.29, 0.717) is 49.8 Å². The van der Waals surface area contributed by atoms with Crippen molar-refractivity contribution in [1.29, 1.82) is 0 Å². The monoisotopic (exact) mass is 488 g/mol. The van der Waals surface area contributed by atoms with Gasteiger partial charge in [-0.15, -0.1) is 0 Å². The van der Waals surface area contributed by atoms with Crippen LogP contribution in [0.4, 0.5) is 5.69 Å². The van der Waals surface area contributed by atoms with Crippen molar-refractivity contribution < 1.29 is 13.6 Å². The number of carbonyl (C=O) groups is 1. The molecule has 1 amide bonds. The zero-order valence-corrected chi connectivity index (χ0v) is 19.5. The van der Waals surface area contributed by atoms with Gasteiger partial charge in [-0.1, -0.05) is 47.5 Å². The summed E-state index contributed by atoms with van der Waals surface area (Å²) in [5.41, 5.74) is 4.39. The number of nitrogens with one attached hydrogen (secondary N) is 1. The van der Waals surface area contributed by atoms with E-state index in [9.17, 15) is 4.79 Å². The molecule has 168 valence electrons. The van der Waals surface area contributed by atoms with E-state index < -0.39 is 0 Å². The van der Waals surface area contributed by atoms with E-state index >= 15 is 0 Å². The van der Waals surface area contributed by atoms with E-state index in [1.807, 2.05) is 49.4 Å². The number of oxazole rings is 1. The summed E-state index contributed by atoms with van der Waals surface area (Å²) in [6.45, 7) is 1.94. The zero-order chi connectivity index (χ0) is 23.7. The maximum absolute atomic E-state index is 12.4. The largest absolute Gasteiger partial charge is 0.457 e. The van der Waals surface area contributed by atoms with Crippen LogP contribution in [-0.4, -0.2) is 10.9 Å². The Morgan fingerprint density at radius 2 is 1.79 bits per heavy atom. The highest BCUT2D eigenvalue weighted by Gasteiger charge is 2.12. The number of nitrogens with zero attached hydrogens (tertiary/aromatic N) is 1. The van der Waals surface area contributed by atoms with Gasteiger partial charge < -0.3 is 14.2 Å². The number of aromatic nitrogens is 1. The maximum atomic E-state index is 12.4. The number of hydrogen-bond donors (Lipinski definition) is 1. The number of aryl methyl sites for hydroxylation is 1. The number of halogens is 2. The molecule has 7 heteroatoms. The Bertz CT molecular complexity index is 1550. The van der Waals surface area contributed by atoms with Crippen molar-refractivity contribution in [3.63, 3.8) is 0 Å². The Kier molecular flexibility index (Phi) is 5.97. The van der Waals surface area contributed by atoms with Crippen LogP contribution in [0.15, 0.2) is 87.7 Å². The summed E-state index contributed by atoms with van der Waals surface area (Å²) in [5.74, 6) is 1.35. The molecule has 2 aromatic heterocycles. The van der Waals surface area contributed by atoms with Crippen LogP contribution in [0.2, 0.25) is 10.0 Å². The quantitative estimate of drug-likeness (QED) is 0.254. The van der Waals surface area contributed by atoms with Crippen molar-refractivity contribution in [2.24, 2.45) is 0 Å². The molecule has 3 aromatic carbocycles. The molecule has 0 saturated carbocycles. The fourth-order valence-electron chi connectivity index (χ4n) is 3.44. The summed E-state index contributed by atoms with van der Waals surface area (Å²) in [6.07, 6.45) is 3.02. The van der Waals surface area contributed by atoms with Crippen molar-refractivity contribution in [1.82, 2.24) is 4.98 Å². The number of hydrogen-bond acceptors (Lipinski definition) is 4. The van der Waals surface area contributed by atoms with E-state index in [1.54, 1.807) is 36.4 Å². The van der Waals surface area contributed by atoms with E-state index in [4.69, 9.17) is 32.0 Å². The topological polar surface area (TPSA) is 68.3 Å². The second kappa shape index (κ2) is 9.21. The summed E-state index contributed by atoms with van der Waals surface area (Å²) >= 11 is 12.4. The van der Waals surface area contributed by atoms with Gasteiger partial charge in [0.05, 0.1) is 10.6 Å². The third-order valence-electron chi connectivity index (χ3n) is 5.24. The van der Waals surface area contributed by atoms with Gasteiger partial charge in [0.25, 0.3) is 0 Å². The smallest absolute Gasteiger partial charge is 0.248 e. The van der Waals surface area contributed by atoms with E-state index in [2.05, 4.69) is 10.3 Å². The average molecular weight is 489 g/mol. The molecule has 0 atom stereocenters. The number of anilines is 1. The number of carbonyl (C=O) groups excluding carboxylic acids is 1. The number of furan rings is 1. The molecule has 0 unspecified atom stereocenters. The number of benzene rings is 3. The molecule has 0 aliphatic carbocycles. The zero-order valence-electron chi connectivity index (χ0n) is 18.0. The molecule has 5 nitrogen and oxygen atoms in total. The minimum absolute atomic E-state index is 0.300. The Balaban J connectivity index is 1.29. The van der Waals surface area contributed by atoms with Crippen molar-refractivity contribution >= 4 is 52.0 Å². The Hall–Kier alpha value is -3.80. The number of rotatable bonds is 5. The van der Waals surface area contributed by atoms with Crippen LogP contribution < -0.4 is 5.32 Å². The molecule has 0 fully saturated rings. The van der Waals surface area contributed by atoms with Crippen molar-refractivity contribution in [3.05, 3.63) is 100 Å². The predicted octanol–water partition coefficient (Wildman–Crippen LogP) is 8.02. The van der Waals surface area contributed by atoms with E-state index in [-0.39, 0.29) is 5.91 Å². The molecular weight excluding hydrogens is 471 g/mol. The summed E-state index contributed by atoms with van der Waals surface area (Å²) in [7, 11) is 0. The first-order chi connectivity index (χ1) is 16.5. The standard InChI is InChI=1S/C27H18Cl2N2O3/c1-16-6-7-17(14-22(16)29)24-12-9-19(33-24)10-13-26(32)30-18-8-11-25-23(15-18)31-27(34-25)20-4-2-3-5-21(20)28/h2-15H,1H3,(H,30,32)/b13-10+. The van der Waals surface area contributed by atoms with Gasteiger partial charge >= 0.3 is 0 Å². The predicted molar refractivity (Wildman–Crippen MR) is 136 cm³/mol. The van der Waals surface area contributed by atoms with Gasteiger partial charge in [0.1, 0.15) is 17.0 Å². The molecule has 0 radical (unpaired) electrons. The lowest BCUT2D eigenvalue weighted by Crippen LogP contribution is -2.07. The van der Waals surface area contributed by atoms with Crippen LogP contribution in [0.5, 0.6) is 0 Å². The lowest BCUT2D eigenvalue weighted by molar-refractivity contribution is -0.111. The second-order valence-corrected chi connectivity index (χ2v) is 8.48. The second-order valence-electron chi connectivity index (χ2n) is 7.67. The molecule has 0 aliphatic heterocycles. The van der Waals surface area contributed by atoms with Crippen LogP contribution in [0.1, 0.15) is 11.3 Å². The van der Waals surface area contributed by atoms with Crippen molar-refractivity contribution in [2.75, 3.05) is 5.32 Å². The normalized spacial score (nSPS) is 11.4. The lowest BCUT2D eigenvalue weighted by atomic mass is 10.1. The van der Waals surface area contributed by atoms with Crippen molar-refractivity contribution in [2.45, 2.75) is 6.92 Å². The Morgan fingerprint density at radius 3 is 2.62 bits per heavy atom. The average Bonchev–Trinajstić information content (AvgIpc) is 3.47. The SMILES string of the molecule is Cc1ccc(-c2ccc(/C=C/C(=O)Nc3ccc4oc(-c5ccccc5Cl)nc4c3)o2)cc1Cl. The first kappa shape index (κ1) is 22.0. The summed E-state index contributed by atoms with van der Waals surface area (Å²) in [6, 6.07) is 22.0. The van der Waals surface area contributed by atoms with Crippen LogP contribution in [0.3, 0.4) is 0 Å². The molecule has 5 aromatic rings. The molecular formula is C27H18Cl2N2O3. The summed E-state index contributed by atoms with van der Waals surface area (Å²) < 4.78 is 11.6. The highest BCUT2D eigenvalue weighted by Crippen LogP contribution is 2.31. The Labute approximate surface area is 205 Å². The van der Waals surface area contributed by atoms with Gasteiger partial charge in [0.15, 0.2) is 5.58 Å². The van der Waals surface area contributed by atoms with Crippen LogP contribution in [-0.2, 0) is 4.79 Å². The van der Waals surface area contributed by atoms with Gasteiger partial charge in [0.2, 0.25) is 11.8 Å². The first-order valence-corrected chi connectivity index (χ1v) is 11.2. The Morgan fingerprint density at radius 1 is 0.941 bits per heavy atom. The van der Waals surface area contributed by atoms with Crippen LogP contribution >= 0.6 is 23.2 Å². The van der Waals surface area contributed by atoms with Crippen LogP contribution in [0, 0.1) is 6.92 Å². The van der Waals surface area contributed by atoms with Gasteiger partial charge in [-0.05, 0) is 67.1 Å². The fraction of sp³-hybridized carbons (Fsp3) is 0.0370. The molecule has 34 heavy (non-hydrogen) atoms. The number of fused-ring (bicyclic) bond motifs is 1.